The van der Waals surface area contributed by atoms with Crippen molar-refractivity contribution in [1.29, 1.82) is 0 Å². The van der Waals surface area contributed by atoms with E-state index in [-0.39, 0.29) is 0 Å². The van der Waals surface area contributed by atoms with Crippen LogP contribution in [0, 0.1) is 13.8 Å². The van der Waals surface area contributed by atoms with Gasteiger partial charge in [0.25, 0.3) is 0 Å². The average molecular weight is 199 g/mol. The molecule has 0 saturated heterocycles. The van der Waals surface area contributed by atoms with Crippen molar-refractivity contribution in [2.75, 3.05) is 0 Å². The van der Waals surface area contributed by atoms with Gasteiger partial charge in [-0.2, -0.15) is 4.52 Å². The van der Waals surface area contributed by atoms with E-state index in [9.17, 15) is 0 Å². The van der Waals surface area contributed by atoms with Crippen molar-refractivity contribution in [3.05, 3.63) is 29.5 Å². The Morgan fingerprint density at radius 1 is 1.20 bits per heavy atom. The normalized spacial score (nSPS) is 11.3. The Morgan fingerprint density at radius 2 is 2.07 bits per heavy atom. The molecule has 2 aromatic heterocycles. The molecule has 74 valence electrons. The summed E-state index contributed by atoms with van der Waals surface area (Å²) in [6.07, 6.45) is 0. The first-order valence-electron chi connectivity index (χ1n) is 4.71. The molecule has 2 heterocycles. The monoisotopic (exact) mass is 199 g/mol. The van der Waals surface area contributed by atoms with Crippen molar-refractivity contribution >= 4 is 16.7 Å². The fourth-order valence-electron chi connectivity index (χ4n) is 1.70. The maximum atomic E-state index is 4.45. The number of hydrogen-bond donors (Lipinski definition) is 0. The number of rotatable bonds is 0. The zero-order chi connectivity index (χ0) is 10.4. The van der Waals surface area contributed by atoms with Crippen LogP contribution in [-0.2, 0) is 0 Å². The number of hydrogen-bond acceptors (Lipinski definition) is 4. The van der Waals surface area contributed by atoms with Gasteiger partial charge >= 0.3 is 0 Å². The van der Waals surface area contributed by atoms with Gasteiger partial charge < -0.3 is 0 Å². The van der Waals surface area contributed by atoms with Gasteiger partial charge in [-0.05, 0) is 42.0 Å². The van der Waals surface area contributed by atoms with Crippen molar-refractivity contribution in [2.24, 2.45) is 0 Å². The third-order valence-electron chi connectivity index (χ3n) is 2.44. The molecular weight excluding hydrogens is 190 g/mol. The lowest BCUT2D eigenvalue weighted by Gasteiger charge is -2.02. The zero-order valence-electron chi connectivity index (χ0n) is 8.47. The second-order valence-electron chi connectivity index (χ2n) is 3.60. The van der Waals surface area contributed by atoms with Gasteiger partial charge in [0.15, 0.2) is 0 Å². The molecule has 5 heteroatoms. The number of tetrazole rings is 1. The van der Waals surface area contributed by atoms with Crippen LogP contribution < -0.4 is 0 Å². The molecule has 0 bridgehead atoms. The van der Waals surface area contributed by atoms with Gasteiger partial charge in [-0.3, -0.25) is 0 Å². The molecule has 0 amide bonds. The third-order valence-corrected chi connectivity index (χ3v) is 2.44. The molecule has 0 fully saturated rings. The van der Waals surface area contributed by atoms with Gasteiger partial charge in [0.2, 0.25) is 5.65 Å². The molecule has 0 atom stereocenters. The fraction of sp³-hybridized carbons (Fsp3) is 0.200. The van der Waals surface area contributed by atoms with Gasteiger partial charge in [0.1, 0.15) is 0 Å². The van der Waals surface area contributed by atoms with E-state index >= 15 is 0 Å². The Balaban J connectivity index is 2.61. The van der Waals surface area contributed by atoms with E-state index in [1.807, 2.05) is 32.0 Å². The highest BCUT2D eigenvalue weighted by Gasteiger charge is 2.07. The minimum Gasteiger partial charge on any atom is -0.247 e. The molecule has 0 spiro atoms. The van der Waals surface area contributed by atoms with Gasteiger partial charge in [-0.15, -0.1) is 5.10 Å². The first-order valence-corrected chi connectivity index (χ1v) is 4.71. The maximum Gasteiger partial charge on any atom is 0.201 e. The first kappa shape index (κ1) is 8.28. The molecule has 0 unspecified atom stereocenters. The highest BCUT2D eigenvalue weighted by molar-refractivity contribution is 5.78. The quantitative estimate of drug-likeness (QED) is 0.547. The minimum absolute atomic E-state index is 0.716. The lowest BCUT2D eigenvalue weighted by atomic mass is 10.2. The van der Waals surface area contributed by atoms with Crippen molar-refractivity contribution in [3.63, 3.8) is 0 Å². The molecule has 1 aromatic carbocycles. The number of aryl methyl sites for hydroxylation is 2. The van der Waals surface area contributed by atoms with E-state index in [4.69, 9.17) is 0 Å². The van der Waals surface area contributed by atoms with E-state index in [1.54, 1.807) is 4.52 Å². The summed E-state index contributed by atoms with van der Waals surface area (Å²) in [5.41, 5.74) is 4.59. The van der Waals surface area contributed by atoms with Crippen LogP contribution in [0.4, 0.5) is 0 Å². The summed E-state index contributed by atoms with van der Waals surface area (Å²) in [6.45, 7) is 3.94. The third kappa shape index (κ3) is 1.09. The Hall–Kier alpha value is -2.04. The van der Waals surface area contributed by atoms with Crippen molar-refractivity contribution < 1.29 is 0 Å². The molecule has 0 aliphatic rings. The summed E-state index contributed by atoms with van der Waals surface area (Å²) in [5, 5.41) is 11.6. The van der Waals surface area contributed by atoms with E-state index in [0.29, 0.717) is 5.65 Å². The largest absolute Gasteiger partial charge is 0.247 e. The molecule has 5 nitrogen and oxygen atoms in total. The van der Waals surface area contributed by atoms with Crippen molar-refractivity contribution in [2.45, 2.75) is 13.8 Å². The minimum atomic E-state index is 0.716. The van der Waals surface area contributed by atoms with Crippen molar-refractivity contribution in [3.8, 4) is 0 Å². The predicted octanol–water partition coefficient (Wildman–Crippen LogP) is 1.29. The number of fused-ring (bicyclic) bond motifs is 3. The molecule has 0 aliphatic heterocycles. The summed E-state index contributed by atoms with van der Waals surface area (Å²) in [5.74, 6) is 0. The second-order valence-corrected chi connectivity index (χ2v) is 3.60. The van der Waals surface area contributed by atoms with Gasteiger partial charge in [0, 0.05) is 0 Å². The summed E-state index contributed by atoms with van der Waals surface area (Å²) in [4.78, 5) is 4.45. The maximum absolute atomic E-state index is 4.45. The fourth-order valence-corrected chi connectivity index (χ4v) is 1.70. The number of aromatic nitrogens is 5. The van der Waals surface area contributed by atoms with Crippen LogP contribution in [-0.4, -0.2) is 25.0 Å². The van der Waals surface area contributed by atoms with Gasteiger partial charge in [-0.25, -0.2) is 4.98 Å². The lowest BCUT2D eigenvalue weighted by Crippen LogP contribution is -1.97. The summed E-state index contributed by atoms with van der Waals surface area (Å²) < 4.78 is 1.73. The summed E-state index contributed by atoms with van der Waals surface area (Å²) >= 11 is 0. The first-order chi connectivity index (χ1) is 7.25. The molecule has 0 aliphatic carbocycles. The molecular formula is C10H9N5. The van der Waals surface area contributed by atoms with E-state index in [0.717, 1.165) is 16.7 Å². The van der Waals surface area contributed by atoms with Crippen LogP contribution in [0.1, 0.15) is 11.3 Å². The SMILES string of the molecule is Cc1ccc2nc(C)c3nnnn3c2c1. The summed E-state index contributed by atoms with van der Waals surface area (Å²) in [6, 6.07) is 6.05. The van der Waals surface area contributed by atoms with Crippen molar-refractivity contribution in [1.82, 2.24) is 25.0 Å². The average Bonchev–Trinajstić information content (AvgIpc) is 2.69. The van der Waals surface area contributed by atoms with Crippen LogP contribution in [0.5, 0.6) is 0 Å². The highest BCUT2D eigenvalue weighted by atomic mass is 15.5. The lowest BCUT2D eigenvalue weighted by molar-refractivity contribution is 0.840. The molecule has 0 saturated carbocycles. The molecule has 3 rings (SSSR count). The zero-order valence-corrected chi connectivity index (χ0v) is 8.47. The van der Waals surface area contributed by atoms with Gasteiger partial charge in [-0.1, -0.05) is 6.07 Å². The molecule has 3 aromatic rings. The topological polar surface area (TPSA) is 56.0 Å². The Morgan fingerprint density at radius 3 is 2.93 bits per heavy atom. The Bertz CT molecular complexity index is 655. The van der Waals surface area contributed by atoms with Crippen LogP contribution in [0.3, 0.4) is 0 Å². The Labute approximate surface area is 85.7 Å². The van der Waals surface area contributed by atoms with Crippen LogP contribution in [0.15, 0.2) is 18.2 Å². The molecule has 0 N–H and O–H groups in total. The van der Waals surface area contributed by atoms with E-state index < -0.39 is 0 Å². The number of nitrogens with zero attached hydrogens (tertiary/aromatic N) is 5. The molecule has 0 radical (unpaired) electrons. The standard InChI is InChI=1S/C10H9N5/c1-6-3-4-8-9(5-6)15-10(7(2)11-8)12-13-14-15/h3-5H,1-2H3. The van der Waals surface area contributed by atoms with Crippen LogP contribution in [0.2, 0.25) is 0 Å². The summed E-state index contributed by atoms with van der Waals surface area (Å²) in [7, 11) is 0. The smallest absolute Gasteiger partial charge is 0.201 e. The molecule has 15 heavy (non-hydrogen) atoms. The second kappa shape index (κ2) is 2.73. The predicted molar refractivity (Wildman–Crippen MR) is 55.6 cm³/mol. The van der Waals surface area contributed by atoms with Gasteiger partial charge in [0.05, 0.1) is 16.7 Å². The number of benzene rings is 1. The highest BCUT2D eigenvalue weighted by Crippen LogP contribution is 2.16. The van der Waals surface area contributed by atoms with E-state index in [2.05, 4.69) is 20.5 Å². The Kier molecular flexibility index (Phi) is 1.50. The van der Waals surface area contributed by atoms with Crippen LogP contribution >= 0.6 is 0 Å². The van der Waals surface area contributed by atoms with Crippen LogP contribution in [0.25, 0.3) is 16.7 Å². The van der Waals surface area contributed by atoms with E-state index in [1.165, 1.54) is 5.56 Å².